The summed E-state index contributed by atoms with van der Waals surface area (Å²) in [5.41, 5.74) is 1.62. The molecule has 1 aliphatic rings. The highest BCUT2D eigenvalue weighted by Gasteiger charge is 2.26. The second-order valence-electron chi connectivity index (χ2n) is 5.42. The van der Waals surface area contributed by atoms with Crippen molar-refractivity contribution in [1.29, 1.82) is 0 Å². The highest BCUT2D eigenvalue weighted by molar-refractivity contribution is 7.91. The molecular weight excluding hydrogens is 354 g/mol. The van der Waals surface area contributed by atoms with Gasteiger partial charge in [-0.05, 0) is 49.4 Å². The molecule has 2 aromatic carbocycles. The van der Waals surface area contributed by atoms with Gasteiger partial charge in [-0.15, -0.1) is 0 Å². The summed E-state index contributed by atoms with van der Waals surface area (Å²) in [4.78, 5) is 11.2. The average Bonchev–Trinajstić information content (AvgIpc) is 2.56. The molecule has 3 rings (SSSR count). The monoisotopic (exact) mass is 368 g/mol. The second kappa shape index (κ2) is 6.32. The van der Waals surface area contributed by atoms with E-state index in [-0.39, 0.29) is 5.91 Å². The summed E-state index contributed by atoms with van der Waals surface area (Å²) in [5, 5.41) is 5.71. The number of nitrogens with one attached hydrogen (secondary N) is 2. The molecule has 0 saturated heterocycles. The zero-order valence-corrected chi connectivity index (χ0v) is 13.8. The lowest BCUT2D eigenvalue weighted by molar-refractivity contribution is -0.122. The highest BCUT2D eigenvalue weighted by Crippen LogP contribution is 2.33. The Kier molecular flexibility index (Phi) is 4.34. The number of hydrogen-bond donors (Lipinski definition) is 2. The van der Waals surface area contributed by atoms with Gasteiger partial charge in [-0.3, -0.25) is 4.79 Å². The van der Waals surface area contributed by atoms with Crippen LogP contribution in [0.15, 0.2) is 47.4 Å². The van der Waals surface area contributed by atoms with Crippen LogP contribution in [0.4, 0.5) is 25.8 Å². The van der Waals surface area contributed by atoms with Crippen molar-refractivity contribution < 1.29 is 26.7 Å². The van der Waals surface area contributed by atoms with Crippen LogP contribution in [0.5, 0.6) is 5.75 Å². The van der Waals surface area contributed by atoms with E-state index in [0.29, 0.717) is 22.8 Å². The Hall–Kier alpha value is -2.68. The van der Waals surface area contributed by atoms with Gasteiger partial charge in [0.25, 0.3) is 5.91 Å². The zero-order valence-electron chi connectivity index (χ0n) is 13.0. The molecular formula is C16H14F2N2O4S. The van der Waals surface area contributed by atoms with E-state index < -0.39 is 26.6 Å². The molecule has 0 fully saturated rings. The summed E-state index contributed by atoms with van der Waals surface area (Å²) >= 11 is 0. The lowest BCUT2D eigenvalue weighted by atomic mass is 10.2. The van der Waals surface area contributed by atoms with Gasteiger partial charge < -0.3 is 15.4 Å². The van der Waals surface area contributed by atoms with Gasteiger partial charge in [0, 0.05) is 11.4 Å². The summed E-state index contributed by atoms with van der Waals surface area (Å²) in [6, 6.07) is 10.0. The van der Waals surface area contributed by atoms with Gasteiger partial charge in [-0.2, -0.15) is 8.78 Å². The van der Waals surface area contributed by atoms with Gasteiger partial charge in [0.05, 0.1) is 10.6 Å². The highest BCUT2D eigenvalue weighted by atomic mass is 32.2. The summed E-state index contributed by atoms with van der Waals surface area (Å²) in [6.07, 6.45) is -0.573. The van der Waals surface area contributed by atoms with Crippen LogP contribution < -0.4 is 15.4 Å². The molecule has 25 heavy (non-hydrogen) atoms. The third kappa shape index (κ3) is 3.41. The van der Waals surface area contributed by atoms with Crippen molar-refractivity contribution in [1.82, 2.24) is 0 Å². The van der Waals surface area contributed by atoms with Crippen LogP contribution in [0.25, 0.3) is 0 Å². The number of benzene rings is 2. The maximum absolute atomic E-state index is 12.5. The number of rotatable bonds is 4. The smallest absolute Gasteiger partial charge is 0.341 e. The first kappa shape index (κ1) is 17.2. The molecule has 1 heterocycles. The molecule has 2 aromatic rings. The van der Waals surface area contributed by atoms with Crippen molar-refractivity contribution in [2.45, 2.75) is 23.7 Å². The predicted octanol–water partition coefficient (Wildman–Crippen LogP) is 3.15. The zero-order chi connectivity index (χ0) is 18.2. The third-order valence-electron chi connectivity index (χ3n) is 3.62. The van der Waals surface area contributed by atoms with Crippen molar-refractivity contribution in [3.05, 3.63) is 42.5 Å². The molecule has 1 amide bonds. The lowest BCUT2D eigenvalue weighted by Gasteiger charge is -2.23. The predicted molar refractivity (Wildman–Crippen MR) is 88.1 cm³/mol. The standard InChI is InChI=1S/C16H14F2N2O4S/c1-9-15(21)20-13-8-11(4-7-14(13)24-9)19-10-2-5-12(6-3-10)25(22,23)16(17)18/h2-9,16,19H,1H3,(H,20,21). The average molecular weight is 368 g/mol. The van der Waals surface area contributed by atoms with Crippen LogP contribution in [0.2, 0.25) is 0 Å². The molecule has 0 spiro atoms. The number of hydrogen-bond acceptors (Lipinski definition) is 5. The second-order valence-corrected chi connectivity index (χ2v) is 7.33. The Morgan fingerprint density at radius 3 is 2.40 bits per heavy atom. The largest absolute Gasteiger partial charge is 0.479 e. The molecule has 0 aliphatic carbocycles. The minimum Gasteiger partial charge on any atom is -0.479 e. The van der Waals surface area contributed by atoms with E-state index in [4.69, 9.17) is 4.74 Å². The maximum atomic E-state index is 12.5. The van der Waals surface area contributed by atoms with Gasteiger partial charge in [0.2, 0.25) is 9.84 Å². The van der Waals surface area contributed by atoms with E-state index in [1.165, 1.54) is 12.1 Å². The Morgan fingerprint density at radius 1 is 1.12 bits per heavy atom. The van der Waals surface area contributed by atoms with Gasteiger partial charge >= 0.3 is 5.76 Å². The van der Waals surface area contributed by atoms with Crippen LogP contribution in [-0.2, 0) is 14.6 Å². The van der Waals surface area contributed by atoms with Crippen molar-refractivity contribution in [2.24, 2.45) is 0 Å². The van der Waals surface area contributed by atoms with Crippen LogP contribution in [0.3, 0.4) is 0 Å². The van der Waals surface area contributed by atoms with Crippen LogP contribution >= 0.6 is 0 Å². The molecule has 132 valence electrons. The van der Waals surface area contributed by atoms with Crippen molar-refractivity contribution in [2.75, 3.05) is 10.6 Å². The first-order chi connectivity index (χ1) is 11.8. The summed E-state index contributed by atoms with van der Waals surface area (Å²) in [7, 11) is -4.62. The molecule has 9 heteroatoms. The van der Waals surface area contributed by atoms with Crippen molar-refractivity contribution in [3.8, 4) is 5.75 Å². The first-order valence-electron chi connectivity index (χ1n) is 7.28. The number of carbonyl (C=O) groups excluding carboxylic acids is 1. The molecule has 2 N–H and O–H groups in total. The number of amides is 1. The van der Waals surface area contributed by atoms with E-state index >= 15 is 0 Å². The number of anilines is 3. The summed E-state index contributed by atoms with van der Waals surface area (Å²) in [6.45, 7) is 1.64. The van der Waals surface area contributed by atoms with E-state index in [1.807, 2.05) is 0 Å². The normalized spacial score (nSPS) is 16.8. The van der Waals surface area contributed by atoms with Crippen LogP contribution in [0.1, 0.15) is 6.92 Å². The molecule has 0 radical (unpaired) electrons. The Balaban J connectivity index is 1.80. The number of halogens is 2. The number of ether oxygens (including phenoxy) is 1. The minimum absolute atomic E-state index is 0.258. The molecule has 1 unspecified atom stereocenters. The minimum atomic E-state index is -4.62. The molecule has 0 aromatic heterocycles. The molecule has 6 nitrogen and oxygen atoms in total. The fraction of sp³-hybridized carbons (Fsp3) is 0.188. The van der Waals surface area contributed by atoms with E-state index in [0.717, 1.165) is 12.1 Å². The van der Waals surface area contributed by atoms with Gasteiger partial charge in [-0.25, -0.2) is 8.42 Å². The molecule has 1 atom stereocenters. The number of fused-ring (bicyclic) bond motifs is 1. The fourth-order valence-electron chi connectivity index (χ4n) is 2.28. The van der Waals surface area contributed by atoms with Crippen LogP contribution in [0, 0.1) is 0 Å². The quantitative estimate of drug-likeness (QED) is 0.866. The summed E-state index contributed by atoms with van der Waals surface area (Å²) in [5.74, 6) is -3.18. The SMILES string of the molecule is CC1Oc2ccc(Nc3ccc(S(=O)(=O)C(F)F)cc3)cc2NC1=O. The van der Waals surface area contributed by atoms with E-state index in [1.54, 1.807) is 25.1 Å². The Morgan fingerprint density at radius 2 is 1.76 bits per heavy atom. The van der Waals surface area contributed by atoms with E-state index in [2.05, 4.69) is 10.6 Å². The molecule has 1 aliphatic heterocycles. The number of alkyl halides is 2. The van der Waals surface area contributed by atoms with Crippen LogP contribution in [-0.4, -0.2) is 26.2 Å². The van der Waals surface area contributed by atoms with Gasteiger partial charge in [0.1, 0.15) is 5.75 Å². The van der Waals surface area contributed by atoms with Gasteiger partial charge in [-0.1, -0.05) is 0 Å². The molecule has 0 bridgehead atoms. The fourth-order valence-corrected chi connectivity index (χ4v) is 3.01. The number of carbonyl (C=O) groups is 1. The third-order valence-corrected chi connectivity index (χ3v) is 5.01. The summed E-state index contributed by atoms with van der Waals surface area (Å²) < 4.78 is 53.3. The Labute approximate surface area is 142 Å². The Bertz CT molecular complexity index is 914. The van der Waals surface area contributed by atoms with E-state index in [9.17, 15) is 22.0 Å². The maximum Gasteiger partial charge on any atom is 0.341 e. The topological polar surface area (TPSA) is 84.5 Å². The van der Waals surface area contributed by atoms with Gasteiger partial charge in [0.15, 0.2) is 6.10 Å². The molecule has 0 saturated carbocycles. The number of sulfone groups is 1. The first-order valence-corrected chi connectivity index (χ1v) is 8.83. The van der Waals surface area contributed by atoms with Crippen molar-refractivity contribution in [3.63, 3.8) is 0 Å². The van der Waals surface area contributed by atoms with Crippen molar-refractivity contribution >= 4 is 32.8 Å². The lowest BCUT2D eigenvalue weighted by Crippen LogP contribution is -2.34.